The van der Waals surface area contributed by atoms with E-state index in [-0.39, 0.29) is 0 Å². The van der Waals surface area contributed by atoms with Crippen LogP contribution < -0.4 is 5.32 Å². The van der Waals surface area contributed by atoms with Gasteiger partial charge < -0.3 is 5.32 Å². The highest BCUT2D eigenvalue weighted by Gasteiger charge is 2.32. The van der Waals surface area contributed by atoms with E-state index in [1.54, 1.807) is 4.31 Å². The van der Waals surface area contributed by atoms with Crippen molar-refractivity contribution in [2.75, 3.05) is 32.9 Å². The lowest BCUT2D eigenvalue weighted by Crippen LogP contribution is -2.40. The summed E-state index contributed by atoms with van der Waals surface area (Å²) in [5, 5.41) is 3.30. The Bertz CT molecular complexity index is 383. The van der Waals surface area contributed by atoms with Crippen LogP contribution in [-0.2, 0) is 10.0 Å². The second-order valence-corrected chi connectivity index (χ2v) is 8.36. The lowest BCUT2D eigenvalue weighted by Gasteiger charge is -2.33. The van der Waals surface area contributed by atoms with Gasteiger partial charge in [-0.1, -0.05) is 12.8 Å². The molecule has 1 aliphatic heterocycles. The van der Waals surface area contributed by atoms with E-state index in [9.17, 15) is 8.42 Å². The van der Waals surface area contributed by atoms with Gasteiger partial charge in [0.15, 0.2) is 0 Å². The lowest BCUT2D eigenvalue weighted by molar-refractivity contribution is 0.211. The molecule has 0 spiro atoms. The van der Waals surface area contributed by atoms with E-state index in [0.29, 0.717) is 5.92 Å². The average Bonchev–Trinajstić information content (AvgIpc) is 2.77. The Morgan fingerprint density at radius 2 is 1.89 bits per heavy atom. The van der Waals surface area contributed by atoms with Crippen molar-refractivity contribution in [2.24, 2.45) is 17.8 Å². The Labute approximate surface area is 118 Å². The Hall–Kier alpha value is -0.130. The van der Waals surface area contributed by atoms with Gasteiger partial charge in [-0.05, 0) is 57.0 Å². The normalized spacial score (nSPS) is 33.7. The third-order valence-corrected chi connectivity index (χ3v) is 6.14. The van der Waals surface area contributed by atoms with E-state index < -0.39 is 10.0 Å². The third-order valence-electron chi connectivity index (χ3n) is 4.87. The molecule has 5 heteroatoms. The van der Waals surface area contributed by atoms with Gasteiger partial charge in [0.2, 0.25) is 10.0 Å². The molecule has 0 amide bonds. The van der Waals surface area contributed by atoms with Crippen LogP contribution in [0.1, 0.15) is 38.5 Å². The van der Waals surface area contributed by atoms with E-state index >= 15 is 0 Å². The zero-order chi connectivity index (χ0) is 13.9. The quantitative estimate of drug-likeness (QED) is 0.837. The summed E-state index contributed by atoms with van der Waals surface area (Å²) >= 11 is 0. The topological polar surface area (TPSA) is 49.4 Å². The van der Waals surface area contributed by atoms with Crippen molar-refractivity contribution in [1.82, 2.24) is 9.62 Å². The predicted octanol–water partition coefficient (Wildman–Crippen LogP) is 1.68. The van der Waals surface area contributed by atoms with E-state index in [1.807, 2.05) is 7.05 Å². The number of hydrogen-bond donors (Lipinski definition) is 1. The molecule has 0 aromatic rings. The molecule has 1 saturated heterocycles. The first kappa shape index (κ1) is 15.3. The Balaban J connectivity index is 1.88. The molecule has 0 aromatic heterocycles. The van der Waals surface area contributed by atoms with Crippen LogP contribution in [0.3, 0.4) is 0 Å². The summed E-state index contributed by atoms with van der Waals surface area (Å²) in [4.78, 5) is 0. The second kappa shape index (κ2) is 6.55. The molecule has 1 aliphatic carbocycles. The average molecular weight is 288 g/mol. The highest BCUT2D eigenvalue weighted by atomic mass is 32.2. The molecule has 19 heavy (non-hydrogen) atoms. The van der Waals surface area contributed by atoms with Gasteiger partial charge in [-0.15, -0.1) is 0 Å². The number of nitrogens with zero attached hydrogens (tertiary/aromatic N) is 1. The number of piperidine rings is 1. The van der Waals surface area contributed by atoms with Crippen LogP contribution in [-0.4, -0.2) is 45.7 Å². The van der Waals surface area contributed by atoms with Gasteiger partial charge in [-0.2, -0.15) is 0 Å². The maximum absolute atomic E-state index is 11.7. The molecule has 0 bridgehead atoms. The summed E-state index contributed by atoms with van der Waals surface area (Å²) < 4.78 is 25.0. The van der Waals surface area contributed by atoms with Crippen LogP contribution in [0, 0.1) is 17.8 Å². The fourth-order valence-electron chi connectivity index (χ4n) is 3.90. The van der Waals surface area contributed by atoms with Crippen molar-refractivity contribution in [3.8, 4) is 0 Å². The summed E-state index contributed by atoms with van der Waals surface area (Å²) in [7, 11) is -0.966. The molecular formula is C14H28N2O2S. The molecule has 2 aliphatic rings. The first-order valence-electron chi connectivity index (χ1n) is 7.60. The lowest BCUT2D eigenvalue weighted by atomic mass is 9.83. The van der Waals surface area contributed by atoms with Crippen LogP contribution in [0.15, 0.2) is 0 Å². The molecular weight excluding hydrogens is 260 g/mol. The number of hydrogen-bond acceptors (Lipinski definition) is 3. The predicted molar refractivity (Wildman–Crippen MR) is 78.5 cm³/mol. The number of rotatable bonds is 5. The minimum Gasteiger partial charge on any atom is -0.319 e. The van der Waals surface area contributed by atoms with E-state index in [1.165, 1.54) is 38.4 Å². The molecule has 3 atom stereocenters. The standard InChI is InChI=1S/C14H28N2O2S/c1-15-10-14-7-3-6-13(14)9-12-5-4-8-16(11-12)19(2,17)18/h12-15H,3-11H2,1-2H3. The van der Waals surface area contributed by atoms with Crippen molar-refractivity contribution in [1.29, 1.82) is 0 Å². The molecule has 0 radical (unpaired) electrons. The molecule has 0 aromatic carbocycles. The Morgan fingerprint density at radius 3 is 2.58 bits per heavy atom. The SMILES string of the molecule is CNCC1CCCC1CC1CCCN(S(C)(=O)=O)C1. The first-order chi connectivity index (χ1) is 9.00. The fourth-order valence-corrected chi connectivity index (χ4v) is 4.85. The monoisotopic (exact) mass is 288 g/mol. The summed E-state index contributed by atoms with van der Waals surface area (Å²) in [6.07, 6.45) is 8.82. The summed E-state index contributed by atoms with van der Waals surface area (Å²) in [6.45, 7) is 2.59. The van der Waals surface area contributed by atoms with Gasteiger partial charge in [-0.25, -0.2) is 12.7 Å². The molecule has 1 saturated carbocycles. The van der Waals surface area contributed by atoms with Gasteiger partial charge in [-0.3, -0.25) is 0 Å². The maximum atomic E-state index is 11.7. The molecule has 2 rings (SSSR count). The smallest absolute Gasteiger partial charge is 0.211 e. The van der Waals surface area contributed by atoms with Crippen LogP contribution >= 0.6 is 0 Å². The maximum Gasteiger partial charge on any atom is 0.211 e. The van der Waals surface area contributed by atoms with Crippen molar-refractivity contribution < 1.29 is 8.42 Å². The second-order valence-electron chi connectivity index (χ2n) is 6.37. The molecule has 2 fully saturated rings. The molecule has 1 heterocycles. The van der Waals surface area contributed by atoms with Crippen LogP contribution in [0.2, 0.25) is 0 Å². The zero-order valence-electron chi connectivity index (χ0n) is 12.3. The minimum absolute atomic E-state index is 0.575. The van der Waals surface area contributed by atoms with Gasteiger partial charge in [0, 0.05) is 13.1 Å². The molecule has 112 valence electrons. The van der Waals surface area contributed by atoms with E-state index in [0.717, 1.165) is 37.9 Å². The van der Waals surface area contributed by atoms with Gasteiger partial charge in [0.1, 0.15) is 0 Å². The van der Waals surface area contributed by atoms with Crippen molar-refractivity contribution in [2.45, 2.75) is 38.5 Å². The fraction of sp³-hybridized carbons (Fsp3) is 1.00. The Morgan fingerprint density at radius 1 is 1.16 bits per heavy atom. The summed E-state index contributed by atoms with van der Waals surface area (Å²) in [5.41, 5.74) is 0. The van der Waals surface area contributed by atoms with Crippen LogP contribution in [0.5, 0.6) is 0 Å². The highest BCUT2D eigenvalue weighted by Crippen LogP contribution is 2.37. The van der Waals surface area contributed by atoms with Gasteiger partial charge >= 0.3 is 0 Å². The van der Waals surface area contributed by atoms with Crippen molar-refractivity contribution in [3.05, 3.63) is 0 Å². The third kappa shape index (κ3) is 4.17. The van der Waals surface area contributed by atoms with E-state index in [2.05, 4.69) is 5.32 Å². The van der Waals surface area contributed by atoms with Crippen LogP contribution in [0.4, 0.5) is 0 Å². The summed E-state index contributed by atoms with van der Waals surface area (Å²) in [5.74, 6) is 2.18. The van der Waals surface area contributed by atoms with Crippen molar-refractivity contribution >= 4 is 10.0 Å². The molecule has 4 nitrogen and oxygen atoms in total. The van der Waals surface area contributed by atoms with Gasteiger partial charge in [0.25, 0.3) is 0 Å². The highest BCUT2D eigenvalue weighted by molar-refractivity contribution is 7.88. The molecule has 3 unspecified atom stereocenters. The Kier molecular flexibility index (Phi) is 5.26. The minimum atomic E-state index is -3.00. The largest absolute Gasteiger partial charge is 0.319 e. The number of sulfonamides is 1. The van der Waals surface area contributed by atoms with E-state index in [4.69, 9.17) is 0 Å². The zero-order valence-corrected chi connectivity index (χ0v) is 13.1. The van der Waals surface area contributed by atoms with Crippen LogP contribution in [0.25, 0.3) is 0 Å². The molecule has 1 N–H and O–H groups in total. The number of nitrogens with one attached hydrogen (secondary N) is 1. The first-order valence-corrected chi connectivity index (χ1v) is 9.45. The van der Waals surface area contributed by atoms with Gasteiger partial charge in [0.05, 0.1) is 6.26 Å². The van der Waals surface area contributed by atoms with Crippen molar-refractivity contribution in [3.63, 3.8) is 0 Å². The summed E-state index contributed by atoms with van der Waals surface area (Å²) in [6, 6.07) is 0.